The van der Waals surface area contributed by atoms with E-state index in [2.05, 4.69) is 5.32 Å². The summed E-state index contributed by atoms with van der Waals surface area (Å²) < 4.78 is 5.13. The van der Waals surface area contributed by atoms with Gasteiger partial charge in [0.05, 0.1) is 0 Å². The molecule has 0 saturated carbocycles. The average molecular weight is 223 g/mol. The zero-order valence-electron chi connectivity index (χ0n) is 9.11. The van der Waals surface area contributed by atoms with Crippen molar-refractivity contribution in [3.63, 3.8) is 0 Å². The molecule has 1 rings (SSSR count). The molecule has 0 atom stereocenters. The number of nitrogens with two attached hydrogens (primary N) is 2. The minimum Gasteiger partial charge on any atom is -0.484 e. The number of anilines is 1. The second-order valence-electron chi connectivity index (χ2n) is 3.35. The van der Waals surface area contributed by atoms with Crippen LogP contribution in [-0.4, -0.2) is 25.6 Å². The Morgan fingerprint density at radius 1 is 1.31 bits per heavy atom. The van der Waals surface area contributed by atoms with Gasteiger partial charge in [0.1, 0.15) is 5.75 Å². The first kappa shape index (κ1) is 12.3. The molecule has 0 aliphatic carbocycles. The molecule has 0 saturated heterocycles. The van der Waals surface area contributed by atoms with Gasteiger partial charge in [0.15, 0.2) is 6.61 Å². The van der Waals surface area contributed by atoms with Crippen LogP contribution in [0.5, 0.6) is 5.75 Å². The summed E-state index contributed by atoms with van der Waals surface area (Å²) in [6.45, 7) is 1.42. The van der Waals surface area contributed by atoms with Crippen molar-refractivity contribution in [2.75, 3.05) is 25.0 Å². The van der Waals surface area contributed by atoms with Crippen LogP contribution in [0, 0.1) is 0 Å². The largest absolute Gasteiger partial charge is 0.484 e. The molecule has 0 heterocycles. The molecule has 0 bridgehead atoms. The average Bonchev–Trinajstić information content (AvgIpc) is 2.28. The van der Waals surface area contributed by atoms with Crippen molar-refractivity contribution in [1.82, 2.24) is 0 Å². The number of ether oxygens (including phenoxy) is 1. The SMILES string of the molecule is NCCCNc1ccc(OCC(N)=O)cc1. The maximum absolute atomic E-state index is 10.5. The Balaban J connectivity index is 2.38. The number of hydrogen-bond donors (Lipinski definition) is 3. The molecular weight excluding hydrogens is 206 g/mol. The van der Waals surface area contributed by atoms with E-state index >= 15 is 0 Å². The highest BCUT2D eigenvalue weighted by atomic mass is 16.5. The molecule has 0 aliphatic heterocycles. The van der Waals surface area contributed by atoms with Crippen LogP contribution in [0.25, 0.3) is 0 Å². The lowest BCUT2D eigenvalue weighted by molar-refractivity contribution is -0.119. The molecule has 0 aromatic heterocycles. The van der Waals surface area contributed by atoms with Crippen LogP contribution < -0.4 is 21.5 Å². The smallest absolute Gasteiger partial charge is 0.255 e. The van der Waals surface area contributed by atoms with Crippen molar-refractivity contribution in [2.45, 2.75) is 6.42 Å². The molecule has 5 N–H and O–H groups in total. The molecular formula is C11H17N3O2. The molecule has 0 aliphatic rings. The van der Waals surface area contributed by atoms with Crippen LogP contribution in [0.4, 0.5) is 5.69 Å². The molecule has 0 fully saturated rings. The number of carbonyl (C=O) groups is 1. The van der Waals surface area contributed by atoms with Gasteiger partial charge in [0.25, 0.3) is 5.91 Å². The Hall–Kier alpha value is -1.75. The van der Waals surface area contributed by atoms with E-state index in [0.29, 0.717) is 12.3 Å². The molecule has 16 heavy (non-hydrogen) atoms. The van der Waals surface area contributed by atoms with Crippen molar-refractivity contribution in [2.24, 2.45) is 11.5 Å². The van der Waals surface area contributed by atoms with Crippen molar-refractivity contribution in [3.05, 3.63) is 24.3 Å². The number of primary amides is 1. The zero-order chi connectivity index (χ0) is 11.8. The lowest BCUT2D eigenvalue weighted by Crippen LogP contribution is -2.19. The van der Waals surface area contributed by atoms with Gasteiger partial charge in [-0.05, 0) is 37.2 Å². The van der Waals surface area contributed by atoms with Crippen LogP contribution in [0.2, 0.25) is 0 Å². The number of carbonyl (C=O) groups excluding carboxylic acids is 1. The van der Waals surface area contributed by atoms with Gasteiger partial charge in [-0.15, -0.1) is 0 Å². The summed E-state index contributed by atoms with van der Waals surface area (Å²) in [6, 6.07) is 7.33. The van der Waals surface area contributed by atoms with Crippen molar-refractivity contribution >= 4 is 11.6 Å². The quantitative estimate of drug-likeness (QED) is 0.580. The third-order valence-electron chi connectivity index (χ3n) is 1.95. The third-order valence-corrected chi connectivity index (χ3v) is 1.95. The van der Waals surface area contributed by atoms with Crippen molar-refractivity contribution in [3.8, 4) is 5.75 Å². The highest BCUT2D eigenvalue weighted by molar-refractivity contribution is 5.75. The molecule has 0 spiro atoms. The Bertz CT molecular complexity index is 325. The molecule has 88 valence electrons. The van der Waals surface area contributed by atoms with E-state index in [1.54, 1.807) is 12.1 Å². The van der Waals surface area contributed by atoms with Crippen LogP contribution in [0.1, 0.15) is 6.42 Å². The number of benzene rings is 1. The Labute approximate surface area is 94.8 Å². The molecule has 5 nitrogen and oxygen atoms in total. The van der Waals surface area contributed by atoms with Gasteiger partial charge < -0.3 is 21.5 Å². The lowest BCUT2D eigenvalue weighted by atomic mass is 10.3. The normalized spacial score (nSPS) is 9.81. The minimum atomic E-state index is -0.481. The minimum absolute atomic E-state index is 0.0973. The van der Waals surface area contributed by atoms with Crippen LogP contribution >= 0.6 is 0 Å². The van der Waals surface area contributed by atoms with Crippen LogP contribution in [0.3, 0.4) is 0 Å². The first-order chi connectivity index (χ1) is 7.72. The first-order valence-corrected chi connectivity index (χ1v) is 5.17. The summed E-state index contributed by atoms with van der Waals surface area (Å²) in [7, 11) is 0. The zero-order valence-corrected chi connectivity index (χ0v) is 9.11. The summed E-state index contributed by atoms with van der Waals surface area (Å²) in [5, 5.41) is 3.21. The lowest BCUT2D eigenvalue weighted by Gasteiger charge is -2.07. The van der Waals surface area contributed by atoms with Gasteiger partial charge in [-0.25, -0.2) is 0 Å². The topological polar surface area (TPSA) is 90.4 Å². The summed E-state index contributed by atoms with van der Waals surface area (Å²) in [5.74, 6) is 0.147. The number of rotatable bonds is 7. The van der Waals surface area contributed by atoms with Gasteiger partial charge in [0, 0.05) is 12.2 Å². The third kappa shape index (κ3) is 4.65. The molecule has 5 heteroatoms. The van der Waals surface area contributed by atoms with E-state index in [1.165, 1.54) is 0 Å². The summed E-state index contributed by atoms with van der Waals surface area (Å²) in [4.78, 5) is 10.5. The Kier molecular flexibility index (Phi) is 5.15. The van der Waals surface area contributed by atoms with Crippen molar-refractivity contribution < 1.29 is 9.53 Å². The van der Waals surface area contributed by atoms with E-state index in [0.717, 1.165) is 18.7 Å². The van der Waals surface area contributed by atoms with E-state index in [1.807, 2.05) is 12.1 Å². The van der Waals surface area contributed by atoms with E-state index in [4.69, 9.17) is 16.2 Å². The van der Waals surface area contributed by atoms with Gasteiger partial charge in [-0.1, -0.05) is 0 Å². The number of hydrogen-bond acceptors (Lipinski definition) is 4. The summed E-state index contributed by atoms with van der Waals surface area (Å²) >= 11 is 0. The highest BCUT2D eigenvalue weighted by Gasteiger charge is 1.97. The summed E-state index contributed by atoms with van der Waals surface area (Å²) in [6.07, 6.45) is 0.930. The van der Waals surface area contributed by atoms with Gasteiger partial charge in [-0.2, -0.15) is 0 Å². The van der Waals surface area contributed by atoms with Crippen LogP contribution in [0.15, 0.2) is 24.3 Å². The van der Waals surface area contributed by atoms with Crippen molar-refractivity contribution in [1.29, 1.82) is 0 Å². The predicted molar refractivity (Wildman–Crippen MR) is 63.3 cm³/mol. The fourth-order valence-corrected chi connectivity index (χ4v) is 1.16. The molecule has 1 aromatic rings. The molecule has 0 unspecified atom stereocenters. The molecule has 0 radical (unpaired) electrons. The van der Waals surface area contributed by atoms with E-state index in [-0.39, 0.29) is 6.61 Å². The molecule has 1 aromatic carbocycles. The Morgan fingerprint density at radius 2 is 2.00 bits per heavy atom. The second-order valence-corrected chi connectivity index (χ2v) is 3.35. The maximum Gasteiger partial charge on any atom is 0.255 e. The second kappa shape index (κ2) is 6.68. The fourth-order valence-electron chi connectivity index (χ4n) is 1.16. The summed E-state index contributed by atoms with van der Waals surface area (Å²) in [5.41, 5.74) is 11.3. The van der Waals surface area contributed by atoms with E-state index in [9.17, 15) is 4.79 Å². The number of amides is 1. The maximum atomic E-state index is 10.5. The fraction of sp³-hybridized carbons (Fsp3) is 0.364. The first-order valence-electron chi connectivity index (χ1n) is 5.17. The van der Waals surface area contributed by atoms with Gasteiger partial charge >= 0.3 is 0 Å². The monoisotopic (exact) mass is 223 g/mol. The van der Waals surface area contributed by atoms with Gasteiger partial charge in [-0.3, -0.25) is 4.79 Å². The van der Waals surface area contributed by atoms with Crippen LogP contribution in [-0.2, 0) is 4.79 Å². The Morgan fingerprint density at radius 3 is 2.56 bits per heavy atom. The number of nitrogens with one attached hydrogen (secondary N) is 1. The van der Waals surface area contributed by atoms with E-state index < -0.39 is 5.91 Å². The van der Waals surface area contributed by atoms with Gasteiger partial charge in [0.2, 0.25) is 0 Å². The predicted octanol–water partition coefficient (Wildman–Crippen LogP) is 0.311. The standard InChI is InChI=1S/C11H17N3O2/c12-6-1-7-14-9-2-4-10(5-3-9)16-8-11(13)15/h2-5,14H,1,6-8,12H2,(H2,13,15). The molecule has 1 amide bonds. The highest BCUT2D eigenvalue weighted by Crippen LogP contribution is 2.15.